The predicted molar refractivity (Wildman–Crippen MR) is 142 cm³/mol. The molecule has 1 unspecified atom stereocenters. The van der Waals surface area contributed by atoms with Gasteiger partial charge >= 0.3 is 0 Å². The number of carbonyl (C=O) groups excluding carboxylic acids is 2. The Kier molecular flexibility index (Phi) is 7.00. The van der Waals surface area contributed by atoms with Gasteiger partial charge in [-0.1, -0.05) is 42.5 Å². The van der Waals surface area contributed by atoms with E-state index in [1.54, 1.807) is 61.7 Å². The zero-order valence-electron chi connectivity index (χ0n) is 21.1. The SMILES string of the molecule is COc1ccc(/C(O)=C2/C(=O)C(=O)N(Cc3ccco3)C2c2ccc(OCc3ccccc3)cc2)cc1C. The van der Waals surface area contributed by atoms with E-state index in [0.29, 0.717) is 35.0 Å². The van der Waals surface area contributed by atoms with Crippen molar-refractivity contribution < 1.29 is 28.6 Å². The minimum atomic E-state index is -0.814. The molecule has 1 aliphatic heterocycles. The number of Topliss-reactive ketones (excluding diaryl/α,β-unsaturated/α-hetero) is 1. The van der Waals surface area contributed by atoms with Crippen molar-refractivity contribution in [2.75, 3.05) is 7.11 Å². The molecule has 7 heteroatoms. The zero-order valence-corrected chi connectivity index (χ0v) is 21.1. The van der Waals surface area contributed by atoms with Crippen LogP contribution in [-0.4, -0.2) is 28.8 Å². The van der Waals surface area contributed by atoms with E-state index in [1.807, 2.05) is 37.3 Å². The van der Waals surface area contributed by atoms with Crippen molar-refractivity contribution >= 4 is 17.4 Å². The van der Waals surface area contributed by atoms with Crippen LogP contribution in [0.4, 0.5) is 0 Å². The molecule has 3 aromatic carbocycles. The summed E-state index contributed by atoms with van der Waals surface area (Å²) in [7, 11) is 1.56. The number of furan rings is 1. The van der Waals surface area contributed by atoms with E-state index in [-0.39, 0.29) is 17.9 Å². The zero-order chi connectivity index (χ0) is 26.6. The average molecular weight is 510 g/mol. The van der Waals surface area contributed by atoms with Crippen molar-refractivity contribution in [1.82, 2.24) is 4.90 Å². The Morgan fingerprint density at radius 2 is 1.74 bits per heavy atom. The van der Waals surface area contributed by atoms with Crippen LogP contribution >= 0.6 is 0 Å². The Morgan fingerprint density at radius 3 is 2.39 bits per heavy atom. The maximum absolute atomic E-state index is 13.3. The predicted octanol–water partition coefficient (Wildman–Crippen LogP) is 5.80. The van der Waals surface area contributed by atoms with Crippen molar-refractivity contribution in [3.63, 3.8) is 0 Å². The fraction of sp³-hybridized carbons (Fsp3) is 0.161. The number of likely N-dealkylation sites (tertiary alicyclic amines) is 1. The number of ketones is 1. The van der Waals surface area contributed by atoms with Crippen LogP contribution in [0.25, 0.3) is 5.76 Å². The third kappa shape index (κ3) is 4.91. The number of amides is 1. The molecule has 1 N–H and O–H groups in total. The van der Waals surface area contributed by atoms with E-state index in [2.05, 4.69) is 0 Å². The molecule has 2 heterocycles. The summed E-state index contributed by atoms with van der Waals surface area (Å²) in [4.78, 5) is 27.9. The van der Waals surface area contributed by atoms with Crippen molar-refractivity contribution in [1.29, 1.82) is 0 Å². The van der Waals surface area contributed by atoms with Gasteiger partial charge in [0.2, 0.25) is 0 Å². The quantitative estimate of drug-likeness (QED) is 0.184. The third-order valence-corrected chi connectivity index (χ3v) is 6.56. The molecule has 1 aromatic heterocycles. The van der Waals surface area contributed by atoms with Gasteiger partial charge in [0, 0.05) is 5.56 Å². The van der Waals surface area contributed by atoms with Gasteiger partial charge in [-0.25, -0.2) is 0 Å². The molecule has 1 atom stereocenters. The Bertz CT molecular complexity index is 1470. The number of methoxy groups -OCH3 is 1. The van der Waals surface area contributed by atoms with Gasteiger partial charge in [0.1, 0.15) is 29.6 Å². The molecule has 1 saturated heterocycles. The number of nitrogens with zero attached hydrogens (tertiary/aromatic N) is 1. The number of benzene rings is 3. The molecular weight excluding hydrogens is 482 g/mol. The van der Waals surface area contributed by atoms with Crippen molar-refractivity contribution in [3.8, 4) is 11.5 Å². The molecule has 1 amide bonds. The second-order valence-electron chi connectivity index (χ2n) is 9.03. The van der Waals surface area contributed by atoms with Crippen LogP contribution in [0.1, 0.15) is 34.1 Å². The molecule has 7 nitrogen and oxygen atoms in total. The van der Waals surface area contributed by atoms with Gasteiger partial charge in [0.25, 0.3) is 11.7 Å². The first-order chi connectivity index (χ1) is 18.5. The standard InChI is InChI=1S/C31H27NO6/c1-20-17-23(12-15-26(20)36-2)29(33)27-28(32(31(35)30(27)34)18-25-9-6-16-37-25)22-10-13-24(14-11-22)38-19-21-7-4-3-5-8-21/h3-17,28,33H,18-19H2,1-2H3/b29-27-. The lowest BCUT2D eigenvalue weighted by Crippen LogP contribution is -2.29. The van der Waals surface area contributed by atoms with Gasteiger partial charge in [-0.05, 0) is 66.1 Å². The van der Waals surface area contributed by atoms with Gasteiger partial charge in [-0.15, -0.1) is 0 Å². The summed E-state index contributed by atoms with van der Waals surface area (Å²) in [5, 5.41) is 11.3. The normalized spacial score (nSPS) is 16.6. The van der Waals surface area contributed by atoms with Crippen molar-refractivity contribution in [2.24, 2.45) is 0 Å². The number of rotatable bonds is 8. The molecule has 4 aromatic rings. The minimum Gasteiger partial charge on any atom is -0.507 e. The molecule has 0 saturated carbocycles. The number of aryl methyl sites for hydroxylation is 1. The van der Waals surface area contributed by atoms with Crippen LogP contribution in [0.5, 0.6) is 11.5 Å². The summed E-state index contributed by atoms with van der Waals surface area (Å²) in [6, 6.07) is 24.8. The molecule has 0 aliphatic carbocycles. The first-order valence-electron chi connectivity index (χ1n) is 12.2. The Balaban J connectivity index is 1.52. The first-order valence-corrected chi connectivity index (χ1v) is 12.2. The smallest absolute Gasteiger partial charge is 0.296 e. The molecule has 192 valence electrons. The molecule has 0 radical (unpaired) electrons. The topological polar surface area (TPSA) is 89.2 Å². The van der Waals surface area contributed by atoms with Gasteiger partial charge in [0.15, 0.2) is 0 Å². The lowest BCUT2D eigenvalue weighted by atomic mass is 9.94. The Hall–Kier alpha value is -4.78. The summed E-state index contributed by atoms with van der Waals surface area (Å²) >= 11 is 0. The van der Waals surface area contributed by atoms with E-state index in [4.69, 9.17) is 13.9 Å². The van der Waals surface area contributed by atoms with Crippen LogP contribution in [0.3, 0.4) is 0 Å². The minimum absolute atomic E-state index is 0.0177. The summed E-state index contributed by atoms with van der Waals surface area (Å²) < 4.78 is 16.7. The lowest BCUT2D eigenvalue weighted by molar-refractivity contribution is -0.140. The van der Waals surface area contributed by atoms with E-state index >= 15 is 0 Å². The Morgan fingerprint density at radius 1 is 0.974 bits per heavy atom. The maximum atomic E-state index is 13.3. The summed E-state index contributed by atoms with van der Waals surface area (Å²) in [5.41, 5.74) is 2.93. The second kappa shape index (κ2) is 10.7. The van der Waals surface area contributed by atoms with Gasteiger partial charge < -0.3 is 23.9 Å². The molecule has 1 fully saturated rings. The fourth-order valence-corrected chi connectivity index (χ4v) is 4.63. The summed E-state index contributed by atoms with van der Waals surface area (Å²) in [5.74, 6) is 0.124. The largest absolute Gasteiger partial charge is 0.507 e. The highest BCUT2D eigenvalue weighted by Gasteiger charge is 2.46. The number of hydrogen-bond acceptors (Lipinski definition) is 6. The molecule has 1 aliphatic rings. The maximum Gasteiger partial charge on any atom is 0.296 e. The first kappa shape index (κ1) is 24.9. The average Bonchev–Trinajstić information content (AvgIpc) is 3.55. The van der Waals surface area contributed by atoms with E-state index in [1.165, 1.54) is 11.2 Å². The fourth-order valence-electron chi connectivity index (χ4n) is 4.63. The van der Waals surface area contributed by atoms with E-state index in [0.717, 1.165) is 11.1 Å². The van der Waals surface area contributed by atoms with Crippen LogP contribution < -0.4 is 9.47 Å². The van der Waals surface area contributed by atoms with E-state index < -0.39 is 17.7 Å². The molecular formula is C31H27NO6. The lowest BCUT2D eigenvalue weighted by Gasteiger charge is -2.24. The third-order valence-electron chi connectivity index (χ3n) is 6.56. The van der Waals surface area contributed by atoms with Crippen molar-refractivity contribution in [2.45, 2.75) is 26.1 Å². The number of ether oxygens (including phenoxy) is 2. The molecule has 0 spiro atoms. The molecule has 38 heavy (non-hydrogen) atoms. The number of aliphatic hydroxyl groups excluding tert-OH is 1. The molecule has 0 bridgehead atoms. The second-order valence-corrected chi connectivity index (χ2v) is 9.03. The molecule has 5 rings (SSSR count). The van der Waals surface area contributed by atoms with Gasteiger partial charge in [-0.3, -0.25) is 9.59 Å². The highest BCUT2D eigenvalue weighted by Crippen LogP contribution is 2.41. The van der Waals surface area contributed by atoms with Crippen LogP contribution in [-0.2, 0) is 22.7 Å². The Labute approximate surface area is 220 Å². The monoisotopic (exact) mass is 509 g/mol. The van der Waals surface area contributed by atoms with Crippen LogP contribution in [0.15, 0.2) is 101 Å². The highest BCUT2D eigenvalue weighted by atomic mass is 16.5. The summed E-state index contributed by atoms with van der Waals surface area (Å²) in [6.45, 7) is 2.33. The highest BCUT2D eigenvalue weighted by molar-refractivity contribution is 6.46. The van der Waals surface area contributed by atoms with Crippen LogP contribution in [0, 0.1) is 6.92 Å². The number of aliphatic hydroxyl groups is 1. The van der Waals surface area contributed by atoms with E-state index in [9.17, 15) is 14.7 Å². The summed E-state index contributed by atoms with van der Waals surface area (Å²) in [6.07, 6.45) is 1.51. The van der Waals surface area contributed by atoms with Gasteiger partial charge in [0.05, 0.1) is 31.5 Å². The number of hydrogen-bond donors (Lipinski definition) is 1. The van der Waals surface area contributed by atoms with Crippen molar-refractivity contribution in [3.05, 3.63) is 125 Å². The van der Waals surface area contributed by atoms with Crippen LogP contribution in [0.2, 0.25) is 0 Å². The van der Waals surface area contributed by atoms with Gasteiger partial charge in [-0.2, -0.15) is 0 Å². The number of carbonyl (C=O) groups is 2.